The summed E-state index contributed by atoms with van der Waals surface area (Å²) in [7, 11) is 0. The summed E-state index contributed by atoms with van der Waals surface area (Å²) < 4.78 is 48.5. The zero-order valence-electron chi connectivity index (χ0n) is 20.0. The minimum absolute atomic E-state index is 0.282. The van der Waals surface area contributed by atoms with E-state index < -0.39 is 17.5 Å². The summed E-state index contributed by atoms with van der Waals surface area (Å²) >= 11 is 0. The van der Waals surface area contributed by atoms with Gasteiger partial charge in [-0.2, -0.15) is 0 Å². The number of rotatable bonds is 3. The summed E-state index contributed by atoms with van der Waals surface area (Å²) in [4.78, 5) is 0. The molecular formula is C34H19F3O. The van der Waals surface area contributed by atoms with Gasteiger partial charge in [0.05, 0.1) is 0 Å². The average Bonchev–Trinajstić information content (AvgIpc) is 3.29. The molecule has 0 radical (unpaired) electrons. The van der Waals surface area contributed by atoms with E-state index in [1.165, 1.54) is 24.3 Å². The van der Waals surface area contributed by atoms with E-state index in [4.69, 9.17) is 4.42 Å². The summed E-state index contributed by atoms with van der Waals surface area (Å²) in [5.41, 5.74) is 5.91. The van der Waals surface area contributed by atoms with Crippen LogP contribution in [-0.2, 0) is 0 Å². The number of fused-ring (bicyclic) bond motifs is 4. The fourth-order valence-electron chi connectivity index (χ4n) is 5.33. The van der Waals surface area contributed by atoms with Gasteiger partial charge in [0, 0.05) is 16.8 Å². The van der Waals surface area contributed by atoms with Gasteiger partial charge in [0.1, 0.15) is 28.6 Å². The normalized spacial score (nSPS) is 11.6. The molecule has 0 saturated carbocycles. The van der Waals surface area contributed by atoms with Crippen LogP contribution in [0.15, 0.2) is 120 Å². The van der Waals surface area contributed by atoms with Gasteiger partial charge in [0.25, 0.3) is 0 Å². The first-order valence-corrected chi connectivity index (χ1v) is 12.2. The van der Waals surface area contributed by atoms with Crippen LogP contribution >= 0.6 is 0 Å². The molecule has 0 aliphatic rings. The molecule has 0 spiro atoms. The Bertz CT molecular complexity index is 2000. The minimum atomic E-state index is -0.706. The summed E-state index contributed by atoms with van der Waals surface area (Å²) in [5.74, 6) is -1.89. The van der Waals surface area contributed by atoms with Crippen molar-refractivity contribution in [3.63, 3.8) is 0 Å². The molecule has 1 nitrogen and oxygen atoms in total. The van der Waals surface area contributed by atoms with E-state index in [0.717, 1.165) is 55.5 Å². The lowest BCUT2D eigenvalue weighted by molar-refractivity contribution is 0.584. The summed E-state index contributed by atoms with van der Waals surface area (Å²) in [6.45, 7) is 0. The molecule has 0 atom stereocenters. The molecule has 4 heteroatoms. The first-order chi connectivity index (χ1) is 18.5. The van der Waals surface area contributed by atoms with Crippen LogP contribution in [0, 0.1) is 17.5 Å². The van der Waals surface area contributed by atoms with Crippen LogP contribution in [-0.4, -0.2) is 0 Å². The Morgan fingerprint density at radius 2 is 0.895 bits per heavy atom. The van der Waals surface area contributed by atoms with Gasteiger partial charge in [0.15, 0.2) is 0 Å². The van der Waals surface area contributed by atoms with Gasteiger partial charge < -0.3 is 4.42 Å². The highest BCUT2D eigenvalue weighted by molar-refractivity contribution is 6.09. The van der Waals surface area contributed by atoms with Crippen molar-refractivity contribution in [2.45, 2.75) is 0 Å². The van der Waals surface area contributed by atoms with E-state index >= 15 is 0 Å². The molecule has 7 rings (SSSR count). The van der Waals surface area contributed by atoms with Crippen molar-refractivity contribution in [3.8, 4) is 33.4 Å². The fraction of sp³-hybridized carbons (Fsp3) is 0. The highest BCUT2D eigenvalue weighted by Gasteiger charge is 2.14. The highest BCUT2D eigenvalue weighted by Crippen LogP contribution is 2.39. The van der Waals surface area contributed by atoms with Gasteiger partial charge in [-0.25, -0.2) is 13.2 Å². The van der Waals surface area contributed by atoms with Crippen LogP contribution in [0.5, 0.6) is 0 Å². The molecule has 182 valence electrons. The van der Waals surface area contributed by atoms with Gasteiger partial charge in [-0.1, -0.05) is 60.7 Å². The number of hydrogen-bond donors (Lipinski definition) is 0. The van der Waals surface area contributed by atoms with E-state index in [1.807, 2.05) is 66.7 Å². The van der Waals surface area contributed by atoms with E-state index in [0.29, 0.717) is 11.1 Å². The van der Waals surface area contributed by atoms with Crippen LogP contribution in [0.3, 0.4) is 0 Å². The first-order valence-electron chi connectivity index (χ1n) is 12.2. The third-order valence-corrected chi connectivity index (χ3v) is 7.02. The van der Waals surface area contributed by atoms with Crippen molar-refractivity contribution >= 4 is 32.7 Å². The monoisotopic (exact) mass is 500 g/mol. The first kappa shape index (κ1) is 22.4. The van der Waals surface area contributed by atoms with E-state index in [9.17, 15) is 13.2 Å². The summed E-state index contributed by atoms with van der Waals surface area (Å²) in [6, 6.07) is 33.9. The van der Waals surface area contributed by atoms with Gasteiger partial charge in [-0.05, 0) is 92.7 Å². The highest BCUT2D eigenvalue weighted by atomic mass is 19.1. The summed E-state index contributed by atoms with van der Waals surface area (Å²) in [6.07, 6.45) is 0. The lowest BCUT2D eigenvalue weighted by Gasteiger charge is -2.14. The van der Waals surface area contributed by atoms with Crippen LogP contribution in [0.1, 0.15) is 0 Å². The zero-order chi connectivity index (χ0) is 25.8. The molecule has 0 fully saturated rings. The molecule has 0 unspecified atom stereocenters. The van der Waals surface area contributed by atoms with Crippen molar-refractivity contribution < 1.29 is 17.6 Å². The molecule has 0 bridgehead atoms. The molecule has 38 heavy (non-hydrogen) atoms. The third-order valence-electron chi connectivity index (χ3n) is 7.02. The molecule has 7 aromatic rings. The molecule has 6 aromatic carbocycles. The van der Waals surface area contributed by atoms with Gasteiger partial charge in [-0.3, -0.25) is 0 Å². The van der Waals surface area contributed by atoms with Crippen molar-refractivity contribution in [1.82, 2.24) is 0 Å². The Morgan fingerprint density at radius 3 is 1.61 bits per heavy atom. The second kappa shape index (κ2) is 8.63. The van der Waals surface area contributed by atoms with E-state index in [-0.39, 0.29) is 5.56 Å². The Balaban J connectivity index is 1.40. The Labute approximate surface area is 216 Å². The maximum atomic E-state index is 14.8. The molecule has 1 aromatic heterocycles. The standard InChI is InChI=1S/C34H19F3O/c35-24-14-21(22-15-25(36)19-26(37)16-22)13-23(17-24)28-11-10-27(29-5-1-2-6-30(28)29)20-9-12-34-32(18-20)31-7-3-4-8-33(31)38-34/h1-19H. The molecule has 0 aliphatic heterocycles. The van der Waals surface area contributed by atoms with Crippen LogP contribution in [0.4, 0.5) is 13.2 Å². The molecule has 0 aliphatic carbocycles. The Morgan fingerprint density at radius 1 is 0.368 bits per heavy atom. The largest absolute Gasteiger partial charge is 0.456 e. The predicted octanol–water partition coefficient (Wildman–Crippen LogP) is 10.2. The topological polar surface area (TPSA) is 13.1 Å². The maximum Gasteiger partial charge on any atom is 0.135 e. The zero-order valence-corrected chi connectivity index (χ0v) is 20.0. The van der Waals surface area contributed by atoms with Crippen molar-refractivity contribution in [1.29, 1.82) is 0 Å². The molecule has 0 amide bonds. The third kappa shape index (κ3) is 3.73. The van der Waals surface area contributed by atoms with Crippen molar-refractivity contribution in [2.24, 2.45) is 0 Å². The van der Waals surface area contributed by atoms with Crippen molar-refractivity contribution in [3.05, 3.63) is 133 Å². The molecule has 0 N–H and O–H groups in total. The Hall–Kier alpha value is -4.83. The second-order valence-electron chi connectivity index (χ2n) is 9.40. The molecule has 0 saturated heterocycles. The number of para-hydroxylation sites is 1. The molecule has 1 heterocycles. The van der Waals surface area contributed by atoms with Crippen LogP contribution < -0.4 is 0 Å². The molecular weight excluding hydrogens is 481 g/mol. The predicted molar refractivity (Wildman–Crippen MR) is 147 cm³/mol. The minimum Gasteiger partial charge on any atom is -0.456 e. The van der Waals surface area contributed by atoms with Crippen LogP contribution in [0.25, 0.3) is 66.1 Å². The van der Waals surface area contributed by atoms with Crippen LogP contribution in [0.2, 0.25) is 0 Å². The SMILES string of the molecule is Fc1cc(F)cc(-c2cc(F)cc(-c3ccc(-c4ccc5oc6ccccc6c5c4)c4ccccc34)c2)c1. The summed E-state index contributed by atoms with van der Waals surface area (Å²) in [5, 5.41) is 4.07. The number of benzene rings is 6. The second-order valence-corrected chi connectivity index (χ2v) is 9.40. The van der Waals surface area contributed by atoms with Gasteiger partial charge in [0.2, 0.25) is 0 Å². The lowest BCUT2D eigenvalue weighted by atomic mass is 9.90. The average molecular weight is 501 g/mol. The quantitative estimate of drug-likeness (QED) is 0.235. The van der Waals surface area contributed by atoms with Gasteiger partial charge in [-0.15, -0.1) is 0 Å². The maximum absolute atomic E-state index is 14.8. The Kier molecular flexibility index (Phi) is 5.08. The van der Waals surface area contributed by atoms with Gasteiger partial charge >= 0.3 is 0 Å². The fourth-order valence-corrected chi connectivity index (χ4v) is 5.33. The number of halogens is 3. The van der Waals surface area contributed by atoms with Crippen molar-refractivity contribution in [2.75, 3.05) is 0 Å². The van der Waals surface area contributed by atoms with E-state index in [1.54, 1.807) is 6.07 Å². The lowest BCUT2D eigenvalue weighted by Crippen LogP contribution is -1.90. The smallest absolute Gasteiger partial charge is 0.135 e. The van der Waals surface area contributed by atoms with E-state index in [2.05, 4.69) is 12.1 Å². The number of furan rings is 1. The number of hydrogen-bond acceptors (Lipinski definition) is 1.